The SMILES string of the molecule is CC(C)(C)NC(=O)Nc1[nH]ncc1C(=N)N. The van der Waals surface area contributed by atoms with Crippen LogP contribution in [-0.2, 0) is 0 Å². The van der Waals surface area contributed by atoms with Gasteiger partial charge in [-0.2, -0.15) is 5.10 Å². The number of aromatic nitrogens is 2. The molecule has 2 amide bonds. The largest absolute Gasteiger partial charge is 0.384 e. The monoisotopic (exact) mass is 224 g/mol. The molecule has 7 nitrogen and oxygen atoms in total. The van der Waals surface area contributed by atoms with Crippen LogP contribution >= 0.6 is 0 Å². The number of nitrogens with two attached hydrogens (primary N) is 1. The highest BCUT2D eigenvalue weighted by atomic mass is 16.2. The van der Waals surface area contributed by atoms with Crippen LogP contribution in [0.25, 0.3) is 0 Å². The number of hydrogen-bond donors (Lipinski definition) is 5. The Bertz CT molecular complexity index is 402. The van der Waals surface area contributed by atoms with E-state index in [0.29, 0.717) is 11.4 Å². The van der Waals surface area contributed by atoms with Crippen molar-refractivity contribution in [2.45, 2.75) is 26.3 Å². The van der Waals surface area contributed by atoms with E-state index in [1.54, 1.807) is 0 Å². The van der Waals surface area contributed by atoms with Crippen molar-refractivity contribution in [1.29, 1.82) is 5.41 Å². The predicted octanol–water partition coefficient (Wildman–Crippen LogP) is 0.614. The van der Waals surface area contributed by atoms with Crippen LogP contribution in [0.3, 0.4) is 0 Å². The molecule has 0 aliphatic heterocycles. The first-order chi connectivity index (χ1) is 7.29. The lowest BCUT2D eigenvalue weighted by Crippen LogP contribution is -2.43. The number of anilines is 1. The van der Waals surface area contributed by atoms with Gasteiger partial charge in [-0.1, -0.05) is 0 Å². The zero-order chi connectivity index (χ0) is 12.3. The van der Waals surface area contributed by atoms with Crippen molar-refractivity contribution < 1.29 is 4.79 Å². The summed E-state index contributed by atoms with van der Waals surface area (Å²) in [5.74, 6) is 0.161. The molecule has 0 aliphatic carbocycles. The van der Waals surface area contributed by atoms with Gasteiger partial charge in [-0.25, -0.2) is 4.79 Å². The molecule has 0 unspecified atom stereocenters. The molecule has 1 heterocycles. The molecule has 0 aromatic carbocycles. The first-order valence-electron chi connectivity index (χ1n) is 4.76. The molecule has 0 saturated heterocycles. The summed E-state index contributed by atoms with van der Waals surface area (Å²) >= 11 is 0. The minimum Gasteiger partial charge on any atom is -0.384 e. The van der Waals surface area contributed by atoms with Crippen LogP contribution < -0.4 is 16.4 Å². The number of aromatic amines is 1. The van der Waals surface area contributed by atoms with E-state index >= 15 is 0 Å². The Morgan fingerprint density at radius 1 is 1.56 bits per heavy atom. The molecular weight excluding hydrogens is 208 g/mol. The van der Waals surface area contributed by atoms with Gasteiger partial charge in [0, 0.05) is 5.54 Å². The van der Waals surface area contributed by atoms with E-state index in [0.717, 1.165) is 0 Å². The van der Waals surface area contributed by atoms with Crippen molar-refractivity contribution in [2.24, 2.45) is 5.73 Å². The third-order valence-electron chi connectivity index (χ3n) is 1.66. The Labute approximate surface area is 93.3 Å². The number of H-pyrrole nitrogens is 1. The van der Waals surface area contributed by atoms with E-state index in [1.807, 2.05) is 20.8 Å². The van der Waals surface area contributed by atoms with E-state index in [1.165, 1.54) is 6.20 Å². The molecule has 7 heteroatoms. The van der Waals surface area contributed by atoms with Crippen molar-refractivity contribution in [2.75, 3.05) is 5.32 Å². The molecule has 0 fully saturated rings. The standard InChI is InChI=1S/C9H16N6O/c1-9(2,3)14-8(16)13-7-5(6(10)11)4-12-15-7/h4H,1-3H3,(H3,10,11)(H3,12,13,14,15,16). The number of urea groups is 1. The van der Waals surface area contributed by atoms with Gasteiger partial charge in [0.05, 0.1) is 11.8 Å². The maximum Gasteiger partial charge on any atom is 0.320 e. The number of amides is 2. The third-order valence-corrected chi connectivity index (χ3v) is 1.66. The van der Waals surface area contributed by atoms with Crippen LogP contribution in [-0.4, -0.2) is 27.6 Å². The molecule has 1 aromatic rings. The zero-order valence-electron chi connectivity index (χ0n) is 9.51. The molecule has 1 rings (SSSR count). The molecule has 1 aromatic heterocycles. The average molecular weight is 224 g/mol. The number of hydrogen-bond acceptors (Lipinski definition) is 3. The summed E-state index contributed by atoms with van der Waals surface area (Å²) in [4.78, 5) is 11.5. The highest BCUT2D eigenvalue weighted by molar-refractivity contribution is 6.02. The van der Waals surface area contributed by atoms with Gasteiger partial charge in [-0.3, -0.25) is 15.8 Å². The molecule has 0 atom stereocenters. The summed E-state index contributed by atoms with van der Waals surface area (Å²) in [6.07, 6.45) is 1.38. The second-order valence-corrected chi connectivity index (χ2v) is 4.40. The number of carbonyl (C=O) groups is 1. The van der Waals surface area contributed by atoms with Crippen molar-refractivity contribution >= 4 is 17.7 Å². The Hall–Kier alpha value is -2.05. The quantitative estimate of drug-likeness (QED) is 0.374. The van der Waals surface area contributed by atoms with Gasteiger partial charge in [0.1, 0.15) is 11.7 Å². The van der Waals surface area contributed by atoms with Crippen LogP contribution in [0.2, 0.25) is 0 Å². The third kappa shape index (κ3) is 3.26. The number of amidine groups is 1. The van der Waals surface area contributed by atoms with Crippen LogP contribution in [0.15, 0.2) is 6.20 Å². The lowest BCUT2D eigenvalue weighted by Gasteiger charge is -2.20. The van der Waals surface area contributed by atoms with Gasteiger partial charge >= 0.3 is 6.03 Å². The summed E-state index contributed by atoms with van der Waals surface area (Å²) < 4.78 is 0. The van der Waals surface area contributed by atoms with E-state index in [2.05, 4.69) is 20.8 Å². The topological polar surface area (TPSA) is 120 Å². The molecule has 6 N–H and O–H groups in total. The smallest absolute Gasteiger partial charge is 0.320 e. The van der Waals surface area contributed by atoms with Crippen molar-refractivity contribution in [1.82, 2.24) is 15.5 Å². The Morgan fingerprint density at radius 3 is 2.69 bits per heavy atom. The molecule has 0 radical (unpaired) electrons. The van der Waals surface area contributed by atoms with Crippen LogP contribution in [0.1, 0.15) is 26.3 Å². The van der Waals surface area contributed by atoms with E-state index in [-0.39, 0.29) is 17.4 Å². The molecule has 16 heavy (non-hydrogen) atoms. The molecule has 0 bridgehead atoms. The van der Waals surface area contributed by atoms with Gasteiger partial charge in [0.15, 0.2) is 0 Å². The normalized spacial score (nSPS) is 10.9. The summed E-state index contributed by atoms with van der Waals surface area (Å²) in [6, 6.07) is -0.376. The minimum atomic E-state index is -0.376. The number of nitrogen functional groups attached to an aromatic ring is 1. The molecular formula is C9H16N6O. The fourth-order valence-corrected chi connectivity index (χ4v) is 1.07. The maximum atomic E-state index is 11.5. The first kappa shape index (κ1) is 12.0. The fraction of sp³-hybridized carbons (Fsp3) is 0.444. The highest BCUT2D eigenvalue weighted by Crippen LogP contribution is 2.10. The van der Waals surface area contributed by atoms with Gasteiger partial charge in [-0.15, -0.1) is 0 Å². The lowest BCUT2D eigenvalue weighted by molar-refractivity contribution is 0.243. The summed E-state index contributed by atoms with van der Waals surface area (Å²) in [7, 11) is 0. The molecule has 88 valence electrons. The van der Waals surface area contributed by atoms with Crippen LogP contribution in [0.4, 0.5) is 10.6 Å². The number of nitrogens with one attached hydrogen (secondary N) is 4. The minimum absolute atomic E-state index is 0.153. The Morgan fingerprint density at radius 2 is 2.19 bits per heavy atom. The maximum absolute atomic E-state index is 11.5. The summed E-state index contributed by atoms with van der Waals surface area (Å²) in [6.45, 7) is 5.60. The highest BCUT2D eigenvalue weighted by Gasteiger charge is 2.16. The number of rotatable bonds is 2. The van der Waals surface area contributed by atoms with Gasteiger partial charge in [0.2, 0.25) is 0 Å². The van der Waals surface area contributed by atoms with Gasteiger partial charge in [-0.05, 0) is 20.8 Å². The van der Waals surface area contributed by atoms with Crippen molar-refractivity contribution in [3.8, 4) is 0 Å². The first-order valence-corrected chi connectivity index (χ1v) is 4.76. The van der Waals surface area contributed by atoms with Gasteiger partial charge < -0.3 is 11.1 Å². The second-order valence-electron chi connectivity index (χ2n) is 4.40. The summed E-state index contributed by atoms with van der Waals surface area (Å²) in [5, 5.41) is 18.8. The van der Waals surface area contributed by atoms with Crippen LogP contribution in [0, 0.1) is 5.41 Å². The van der Waals surface area contributed by atoms with E-state index in [9.17, 15) is 4.79 Å². The predicted molar refractivity (Wildman–Crippen MR) is 61.5 cm³/mol. The van der Waals surface area contributed by atoms with E-state index in [4.69, 9.17) is 11.1 Å². The fourth-order valence-electron chi connectivity index (χ4n) is 1.07. The Kier molecular flexibility index (Phi) is 3.17. The number of nitrogens with zero attached hydrogens (tertiary/aromatic N) is 1. The molecule has 0 aliphatic rings. The lowest BCUT2D eigenvalue weighted by atomic mass is 10.1. The Balaban J connectivity index is 2.70. The summed E-state index contributed by atoms with van der Waals surface area (Å²) in [5.41, 5.74) is 5.35. The number of carbonyl (C=O) groups excluding carboxylic acids is 1. The second kappa shape index (κ2) is 4.21. The van der Waals surface area contributed by atoms with Crippen molar-refractivity contribution in [3.63, 3.8) is 0 Å². The average Bonchev–Trinajstić information content (AvgIpc) is 2.47. The van der Waals surface area contributed by atoms with Gasteiger partial charge in [0.25, 0.3) is 0 Å². The zero-order valence-corrected chi connectivity index (χ0v) is 9.51. The van der Waals surface area contributed by atoms with E-state index < -0.39 is 0 Å². The molecule has 0 saturated carbocycles. The van der Waals surface area contributed by atoms with Crippen molar-refractivity contribution in [3.05, 3.63) is 11.8 Å². The molecule has 0 spiro atoms. The van der Waals surface area contributed by atoms with Crippen LogP contribution in [0.5, 0.6) is 0 Å².